The van der Waals surface area contributed by atoms with Crippen LogP contribution in [0.5, 0.6) is 0 Å². The first-order chi connectivity index (χ1) is 9.06. The maximum absolute atomic E-state index is 4.69. The molecule has 2 unspecified atom stereocenters. The van der Waals surface area contributed by atoms with E-state index < -0.39 is 0 Å². The van der Waals surface area contributed by atoms with Gasteiger partial charge in [-0.1, -0.05) is 28.1 Å². The van der Waals surface area contributed by atoms with Crippen molar-refractivity contribution in [3.63, 3.8) is 0 Å². The van der Waals surface area contributed by atoms with Crippen molar-refractivity contribution in [1.29, 1.82) is 0 Å². The van der Waals surface area contributed by atoms with E-state index in [4.69, 9.17) is 4.98 Å². The van der Waals surface area contributed by atoms with Gasteiger partial charge in [-0.3, -0.25) is 0 Å². The van der Waals surface area contributed by atoms with Crippen molar-refractivity contribution in [2.24, 2.45) is 0 Å². The number of halogens is 1. The number of nitrogens with one attached hydrogen (secondary N) is 1. The summed E-state index contributed by atoms with van der Waals surface area (Å²) >= 11 is 3.49. The zero-order valence-corrected chi connectivity index (χ0v) is 13.0. The topological polar surface area (TPSA) is 29.9 Å². The number of imidazole rings is 1. The lowest BCUT2D eigenvalue weighted by molar-refractivity contribution is 0.452. The van der Waals surface area contributed by atoms with Crippen LogP contribution in [0.1, 0.15) is 32.0 Å². The van der Waals surface area contributed by atoms with E-state index in [1.165, 1.54) is 11.3 Å². The molecule has 0 bridgehead atoms. The molecule has 3 nitrogen and oxygen atoms in total. The molecule has 100 valence electrons. The number of anilines is 1. The Morgan fingerprint density at radius 2 is 1.95 bits per heavy atom. The molecule has 19 heavy (non-hydrogen) atoms. The molecular formula is C15H18BrN3. The lowest BCUT2D eigenvalue weighted by Crippen LogP contribution is -2.28. The Kier molecular flexibility index (Phi) is 3.13. The van der Waals surface area contributed by atoms with Crippen molar-refractivity contribution in [3.8, 4) is 11.3 Å². The summed E-state index contributed by atoms with van der Waals surface area (Å²) in [5.74, 6) is 1.00. The summed E-state index contributed by atoms with van der Waals surface area (Å²) in [6.07, 6.45) is 1.13. The summed E-state index contributed by atoms with van der Waals surface area (Å²) in [6, 6.07) is 9.42. The van der Waals surface area contributed by atoms with E-state index in [9.17, 15) is 0 Å². The van der Waals surface area contributed by atoms with Crippen molar-refractivity contribution in [2.75, 3.05) is 5.32 Å². The van der Waals surface area contributed by atoms with E-state index in [0.29, 0.717) is 12.1 Å². The van der Waals surface area contributed by atoms with Gasteiger partial charge in [0, 0.05) is 22.1 Å². The third-order valence-electron chi connectivity index (χ3n) is 3.71. The van der Waals surface area contributed by atoms with Gasteiger partial charge in [-0.05, 0) is 39.3 Å². The minimum absolute atomic E-state index is 0.478. The zero-order valence-electron chi connectivity index (χ0n) is 11.4. The average molecular weight is 320 g/mol. The summed E-state index contributed by atoms with van der Waals surface area (Å²) in [4.78, 5) is 4.69. The molecular weight excluding hydrogens is 302 g/mol. The molecule has 0 spiro atoms. The first-order valence-corrected chi connectivity index (χ1v) is 7.47. The van der Waals surface area contributed by atoms with Crippen LogP contribution in [-0.2, 0) is 0 Å². The van der Waals surface area contributed by atoms with Gasteiger partial charge in [-0.25, -0.2) is 4.98 Å². The third kappa shape index (κ3) is 2.18. The number of benzene rings is 1. The number of nitrogens with zero attached hydrogens (tertiary/aromatic N) is 2. The summed E-state index contributed by atoms with van der Waals surface area (Å²) in [5.41, 5.74) is 3.54. The number of hydrogen-bond donors (Lipinski definition) is 1. The molecule has 1 N–H and O–H groups in total. The van der Waals surface area contributed by atoms with Crippen LogP contribution in [0, 0.1) is 6.92 Å². The predicted molar refractivity (Wildman–Crippen MR) is 82.5 cm³/mol. The van der Waals surface area contributed by atoms with Crippen molar-refractivity contribution >= 4 is 21.9 Å². The van der Waals surface area contributed by atoms with Crippen LogP contribution in [0.15, 0.2) is 28.7 Å². The smallest absolute Gasteiger partial charge is 0.204 e. The number of hydrogen-bond acceptors (Lipinski definition) is 2. The highest BCUT2D eigenvalue weighted by Gasteiger charge is 2.26. The summed E-state index contributed by atoms with van der Waals surface area (Å²) < 4.78 is 3.44. The molecule has 0 aliphatic carbocycles. The largest absolute Gasteiger partial charge is 0.353 e. The highest BCUT2D eigenvalue weighted by molar-refractivity contribution is 9.10. The van der Waals surface area contributed by atoms with E-state index in [2.05, 4.69) is 70.9 Å². The fourth-order valence-electron chi connectivity index (χ4n) is 2.93. The molecule has 3 rings (SSSR count). The molecule has 1 aliphatic heterocycles. The fourth-order valence-corrected chi connectivity index (χ4v) is 3.19. The second-order valence-electron chi connectivity index (χ2n) is 5.38. The van der Waals surface area contributed by atoms with Gasteiger partial charge in [0.2, 0.25) is 5.95 Å². The first kappa shape index (κ1) is 12.7. The van der Waals surface area contributed by atoms with E-state index in [1.807, 2.05) is 0 Å². The van der Waals surface area contributed by atoms with Crippen LogP contribution in [-0.4, -0.2) is 15.6 Å². The summed E-state index contributed by atoms with van der Waals surface area (Å²) in [7, 11) is 0. The molecule has 2 atom stereocenters. The second kappa shape index (κ2) is 4.67. The molecule has 0 radical (unpaired) electrons. The number of fused-ring (bicyclic) bond motifs is 1. The molecule has 0 amide bonds. The minimum atomic E-state index is 0.478. The lowest BCUT2D eigenvalue weighted by atomic mass is 10.1. The van der Waals surface area contributed by atoms with Crippen molar-refractivity contribution < 1.29 is 0 Å². The number of aryl methyl sites for hydroxylation is 1. The van der Waals surface area contributed by atoms with Crippen LogP contribution in [0.25, 0.3) is 11.3 Å². The summed E-state index contributed by atoms with van der Waals surface area (Å²) in [6.45, 7) is 6.56. The lowest BCUT2D eigenvalue weighted by Gasteiger charge is -2.29. The monoisotopic (exact) mass is 319 g/mol. The van der Waals surface area contributed by atoms with Gasteiger partial charge in [0.05, 0.1) is 11.4 Å². The third-order valence-corrected chi connectivity index (χ3v) is 4.24. The van der Waals surface area contributed by atoms with Gasteiger partial charge in [-0.15, -0.1) is 0 Å². The Bertz CT molecular complexity index is 601. The Labute approximate surface area is 122 Å². The quantitative estimate of drug-likeness (QED) is 0.845. The second-order valence-corrected chi connectivity index (χ2v) is 6.29. The Morgan fingerprint density at radius 3 is 2.63 bits per heavy atom. The normalized spacial score (nSPS) is 21.9. The molecule has 1 aromatic carbocycles. The first-order valence-electron chi connectivity index (χ1n) is 6.67. The summed E-state index contributed by atoms with van der Waals surface area (Å²) in [5, 5.41) is 3.48. The van der Waals surface area contributed by atoms with Gasteiger partial charge in [0.15, 0.2) is 0 Å². The van der Waals surface area contributed by atoms with Gasteiger partial charge >= 0.3 is 0 Å². The molecule has 0 saturated carbocycles. The fraction of sp³-hybridized carbons (Fsp3) is 0.400. The molecule has 0 fully saturated rings. The van der Waals surface area contributed by atoms with Crippen LogP contribution >= 0.6 is 15.9 Å². The number of rotatable bonds is 1. The van der Waals surface area contributed by atoms with Crippen LogP contribution in [0.3, 0.4) is 0 Å². The van der Waals surface area contributed by atoms with Crippen LogP contribution < -0.4 is 5.32 Å². The van der Waals surface area contributed by atoms with E-state index in [-0.39, 0.29) is 0 Å². The van der Waals surface area contributed by atoms with Gasteiger partial charge in [0.25, 0.3) is 0 Å². The van der Waals surface area contributed by atoms with E-state index in [1.54, 1.807) is 0 Å². The molecule has 1 aliphatic rings. The Hall–Kier alpha value is -1.29. The van der Waals surface area contributed by atoms with Crippen molar-refractivity contribution in [1.82, 2.24) is 9.55 Å². The SMILES string of the molecule is Cc1nc2n(c1-c1ccc(Br)cc1)C(C)CC(C)N2. The van der Waals surface area contributed by atoms with E-state index in [0.717, 1.165) is 22.5 Å². The van der Waals surface area contributed by atoms with Gasteiger partial charge in [-0.2, -0.15) is 0 Å². The van der Waals surface area contributed by atoms with Crippen LogP contribution in [0.2, 0.25) is 0 Å². The standard InChI is InChI=1S/C15H18BrN3/c1-9-8-10(2)19-14(11(3)18-15(19)17-9)12-4-6-13(16)7-5-12/h4-7,9-10H,8H2,1-3H3,(H,17,18). The Morgan fingerprint density at radius 1 is 1.26 bits per heavy atom. The average Bonchev–Trinajstić information content (AvgIpc) is 2.66. The minimum Gasteiger partial charge on any atom is -0.353 e. The molecule has 0 saturated heterocycles. The molecule has 2 heterocycles. The zero-order chi connectivity index (χ0) is 13.6. The maximum atomic E-state index is 4.69. The molecule has 2 aromatic rings. The number of aromatic nitrogens is 2. The van der Waals surface area contributed by atoms with E-state index >= 15 is 0 Å². The predicted octanol–water partition coefficient (Wildman–Crippen LogP) is 4.39. The highest BCUT2D eigenvalue weighted by atomic mass is 79.9. The maximum Gasteiger partial charge on any atom is 0.204 e. The van der Waals surface area contributed by atoms with Crippen LogP contribution in [0.4, 0.5) is 5.95 Å². The van der Waals surface area contributed by atoms with Crippen molar-refractivity contribution in [3.05, 3.63) is 34.4 Å². The van der Waals surface area contributed by atoms with Gasteiger partial charge < -0.3 is 9.88 Å². The van der Waals surface area contributed by atoms with Gasteiger partial charge in [0.1, 0.15) is 0 Å². The highest BCUT2D eigenvalue weighted by Crippen LogP contribution is 2.35. The molecule has 4 heteroatoms. The molecule has 1 aromatic heterocycles. The Balaban J connectivity index is 2.14. The van der Waals surface area contributed by atoms with Crippen molar-refractivity contribution in [2.45, 2.75) is 39.3 Å².